The molecule has 10 nitrogen and oxygen atoms in total. The first kappa shape index (κ1) is 26.5. The van der Waals surface area contributed by atoms with E-state index in [0.29, 0.717) is 32.1 Å². The summed E-state index contributed by atoms with van der Waals surface area (Å²) in [5.74, 6) is -0.675. The molecular formula is C29H35N3O7. The van der Waals surface area contributed by atoms with Crippen LogP contribution in [0.5, 0.6) is 0 Å². The van der Waals surface area contributed by atoms with Gasteiger partial charge in [-0.3, -0.25) is 0 Å². The summed E-state index contributed by atoms with van der Waals surface area (Å²) in [7, 11) is 0. The zero-order valence-corrected chi connectivity index (χ0v) is 22.2. The largest absolute Gasteiger partial charge is 0.388 e. The Morgan fingerprint density at radius 1 is 0.897 bits per heavy atom. The van der Waals surface area contributed by atoms with Gasteiger partial charge in [0.05, 0.1) is 39.2 Å². The van der Waals surface area contributed by atoms with Crippen LogP contribution in [0.3, 0.4) is 0 Å². The van der Waals surface area contributed by atoms with Crippen LogP contribution < -0.4 is 0 Å². The predicted molar refractivity (Wildman–Crippen MR) is 138 cm³/mol. The van der Waals surface area contributed by atoms with E-state index in [9.17, 15) is 5.11 Å². The van der Waals surface area contributed by atoms with Gasteiger partial charge in [-0.15, -0.1) is 5.10 Å². The maximum atomic E-state index is 10.6. The Hall–Kier alpha value is -2.70. The molecule has 0 unspecified atom stereocenters. The van der Waals surface area contributed by atoms with Crippen LogP contribution in [0.15, 0.2) is 66.9 Å². The number of aliphatic hydroxyl groups is 1. The summed E-state index contributed by atoms with van der Waals surface area (Å²) >= 11 is 0. The highest BCUT2D eigenvalue weighted by atomic mass is 16.8. The van der Waals surface area contributed by atoms with E-state index < -0.39 is 24.1 Å². The second kappa shape index (κ2) is 11.4. The monoisotopic (exact) mass is 537 g/mol. The van der Waals surface area contributed by atoms with Crippen molar-refractivity contribution in [1.29, 1.82) is 0 Å². The van der Waals surface area contributed by atoms with Crippen LogP contribution in [0.2, 0.25) is 0 Å². The molecule has 1 aromatic heterocycles. The lowest BCUT2D eigenvalue weighted by molar-refractivity contribution is -0.162. The zero-order valence-electron chi connectivity index (χ0n) is 22.2. The Labute approximate surface area is 227 Å². The molecule has 7 atom stereocenters. The average molecular weight is 538 g/mol. The Morgan fingerprint density at radius 3 is 2.21 bits per heavy atom. The minimum absolute atomic E-state index is 0.170. The predicted octanol–water partition coefficient (Wildman–Crippen LogP) is 2.97. The van der Waals surface area contributed by atoms with Gasteiger partial charge in [-0.2, -0.15) is 0 Å². The van der Waals surface area contributed by atoms with Gasteiger partial charge >= 0.3 is 0 Å². The molecule has 3 aliphatic heterocycles. The second-order valence-electron chi connectivity index (χ2n) is 10.7. The van der Waals surface area contributed by atoms with Gasteiger partial charge < -0.3 is 33.5 Å². The van der Waals surface area contributed by atoms with Gasteiger partial charge in [0.2, 0.25) is 0 Å². The summed E-state index contributed by atoms with van der Waals surface area (Å²) in [5, 5.41) is 19.4. The number of rotatable bonds is 9. The highest BCUT2D eigenvalue weighted by Gasteiger charge is 2.49. The third-order valence-corrected chi connectivity index (χ3v) is 7.41. The maximum Gasteiger partial charge on any atom is 0.163 e. The van der Waals surface area contributed by atoms with E-state index in [-0.39, 0.29) is 31.0 Å². The quantitative estimate of drug-likeness (QED) is 0.441. The van der Waals surface area contributed by atoms with Gasteiger partial charge in [0.15, 0.2) is 5.79 Å². The molecule has 3 saturated heterocycles. The smallest absolute Gasteiger partial charge is 0.163 e. The van der Waals surface area contributed by atoms with Crippen molar-refractivity contribution in [1.82, 2.24) is 15.0 Å². The lowest BCUT2D eigenvalue weighted by Gasteiger charge is -2.27. The van der Waals surface area contributed by atoms with Gasteiger partial charge in [0.1, 0.15) is 48.4 Å². The summed E-state index contributed by atoms with van der Waals surface area (Å²) in [6, 6.07) is 19.6. The molecule has 0 bridgehead atoms. The summed E-state index contributed by atoms with van der Waals surface area (Å²) in [6.45, 7) is 5.56. The molecule has 3 fully saturated rings. The molecule has 39 heavy (non-hydrogen) atoms. The third kappa shape index (κ3) is 5.92. The molecule has 3 aromatic rings. The first-order valence-corrected chi connectivity index (χ1v) is 13.4. The number of aliphatic hydroxyl groups excluding tert-OH is 1. The summed E-state index contributed by atoms with van der Waals surface area (Å²) in [5.41, 5.74) is 2.68. The van der Waals surface area contributed by atoms with E-state index >= 15 is 0 Å². The standard InChI is InChI=1S/C29H35N3O7/c1-29(2)38-18-24(39-29)28-26(34-14-19-9-5-3-6-10-19)22(16-36-28)32-13-21(30-31-32)25-27(23(33)17-37-25)35-15-20-11-7-4-8-12-20/h3-13,22-28,33H,14-18H2,1-2H3/t22-,23+,24-,25-,26-,27-,28-/m0/s1. The Morgan fingerprint density at radius 2 is 1.56 bits per heavy atom. The van der Waals surface area contributed by atoms with Crippen molar-refractivity contribution in [2.45, 2.75) is 75.5 Å². The van der Waals surface area contributed by atoms with Crippen LogP contribution in [-0.4, -0.2) is 76.2 Å². The van der Waals surface area contributed by atoms with Gasteiger partial charge in [0.25, 0.3) is 0 Å². The van der Waals surface area contributed by atoms with Crippen molar-refractivity contribution in [2.24, 2.45) is 0 Å². The van der Waals surface area contributed by atoms with Crippen molar-refractivity contribution >= 4 is 0 Å². The second-order valence-corrected chi connectivity index (χ2v) is 10.7. The molecule has 0 aliphatic carbocycles. The SMILES string of the molecule is CC1(C)OC[C@@H]([C@@H]2OC[C@H](n3cc([C@@H]4OC[C@@H](O)[C@@H]4OCc4ccccc4)nn3)[C@@H]2OCc2ccccc2)O1. The minimum Gasteiger partial charge on any atom is -0.388 e. The van der Waals surface area contributed by atoms with Crippen LogP contribution in [0, 0.1) is 0 Å². The fourth-order valence-corrected chi connectivity index (χ4v) is 5.41. The summed E-state index contributed by atoms with van der Waals surface area (Å²) in [6.07, 6.45) is -0.953. The first-order valence-electron chi connectivity index (χ1n) is 13.4. The molecular weight excluding hydrogens is 502 g/mol. The normalized spacial score (nSPS) is 32.1. The zero-order chi connectivity index (χ0) is 26.8. The number of hydrogen-bond donors (Lipinski definition) is 1. The maximum absolute atomic E-state index is 10.6. The van der Waals surface area contributed by atoms with E-state index in [0.717, 1.165) is 11.1 Å². The van der Waals surface area contributed by atoms with Crippen LogP contribution in [-0.2, 0) is 41.6 Å². The van der Waals surface area contributed by atoms with Gasteiger partial charge in [-0.1, -0.05) is 65.9 Å². The Kier molecular flexibility index (Phi) is 7.77. The highest BCUT2D eigenvalue weighted by molar-refractivity contribution is 5.15. The fourth-order valence-electron chi connectivity index (χ4n) is 5.41. The number of hydrogen-bond acceptors (Lipinski definition) is 9. The molecule has 208 valence electrons. The van der Waals surface area contributed by atoms with E-state index in [1.54, 1.807) is 4.68 Å². The molecule has 3 aliphatic rings. The van der Waals surface area contributed by atoms with Crippen LogP contribution >= 0.6 is 0 Å². The van der Waals surface area contributed by atoms with Crippen molar-refractivity contribution in [3.63, 3.8) is 0 Å². The molecule has 1 N–H and O–H groups in total. The van der Waals surface area contributed by atoms with Crippen LogP contribution in [0.4, 0.5) is 0 Å². The number of nitrogens with zero attached hydrogens (tertiary/aromatic N) is 3. The Balaban J connectivity index is 1.18. The van der Waals surface area contributed by atoms with Gasteiger partial charge in [-0.05, 0) is 25.0 Å². The van der Waals surface area contributed by atoms with Crippen molar-refractivity contribution < 1.29 is 33.5 Å². The third-order valence-electron chi connectivity index (χ3n) is 7.41. The van der Waals surface area contributed by atoms with Gasteiger partial charge in [-0.25, -0.2) is 4.68 Å². The molecule has 0 amide bonds. The molecule has 2 aromatic carbocycles. The lowest BCUT2D eigenvalue weighted by Crippen LogP contribution is -2.41. The summed E-state index contributed by atoms with van der Waals surface area (Å²) < 4.78 is 38.4. The fraction of sp³-hybridized carbons (Fsp3) is 0.517. The molecule has 0 radical (unpaired) electrons. The molecule has 6 rings (SSSR count). The van der Waals surface area contributed by atoms with Crippen molar-refractivity contribution in [3.8, 4) is 0 Å². The van der Waals surface area contributed by atoms with E-state index in [1.807, 2.05) is 80.7 Å². The molecule has 4 heterocycles. The Bertz CT molecular complexity index is 1210. The molecule has 0 saturated carbocycles. The number of aromatic nitrogens is 3. The van der Waals surface area contributed by atoms with Crippen molar-refractivity contribution in [3.05, 3.63) is 83.7 Å². The van der Waals surface area contributed by atoms with E-state index in [1.165, 1.54) is 0 Å². The molecule has 10 heteroatoms. The van der Waals surface area contributed by atoms with Crippen molar-refractivity contribution in [2.75, 3.05) is 19.8 Å². The minimum atomic E-state index is -0.757. The number of ether oxygens (including phenoxy) is 6. The first-order chi connectivity index (χ1) is 19.0. The van der Waals surface area contributed by atoms with E-state index in [4.69, 9.17) is 28.4 Å². The number of benzene rings is 2. The van der Waals surface area contributed by atoms with E-state index in [2.05, 4.69) is 10.3 Å². The average Bonchev–Trinajstić information content (AvgIpc) is 3.73. The summed E-state index contributed by atoms with van der Waals surface area (Å²) in [4.78, 5) is 0. The molecule has 0 spiro atoms. The highest BCUT2D eigenvalue weighted by Crippen LogP contribution is 2.37. The van der Waals surface area contributed by atoms with Crippen LogP contribution in [0.25, 0.3) is 0 Å². The van der Waals surface area contributed by atoms with Crippen LogP contribution in [0.1, 0.15) is 42.8 Å². The topological polar surface area (TPSA) is 106 Å². The van der Waals surface area contributed by atoms with Gasteiger partial charge in [0, 0.05) is 0 Å². The lowest BCUT2D eigenvalue weighted by atomic mass is 10.0.